The molecule has 0 spiro atoms. The molecule has 12 heteroatoms. The van der Waals surface area contributed by atoms with Crippen LogP contribution in [-0.4, -0.2) is 48.6 Å². The third kappa shape index (κ3) is 5.13. The Hall–Kier alpha value is -3.57. The first-order valence-electron chi connectivity index (χ1n) is 14.2. The van der Waals surface area contributed by atoms with Gasteiger partial charge in [0.2, 0.25) is 5.95 Å². The lowest BCUT2D eigenvalue weighted by molar-refractivity contribution is 0.0980. The zero-order valence-electron chi connectivity index (χ0n) is 24.4. The molecule has 3 aromatic heterocycles. The van der Waals surface area contributed by atoms with Gasteiger partial charge in [-0.2, -0.15) is 5.10 Å². The highest BCUT2D eigenvalue weighted by Gasteiger charge is 2.43. The standard InChI is InChI=1S/C30H35ClN8O2S/c1-16-10-22(18(3)33-24-8-9-25(31)34-27(24)28(40)36-42-5)26-23(11-16)29(41)37(4)30(35-26)39-19-6-7-20(39)13-21(12-19)38-15-17(2)14-32-38/h8-11,14-15,18-21,33H,6-7,12-13H2,1-5H3,(H,36,40). The van der Waals surface area contributed by atoms with Crippen LogP contribution in [-0.2, 0) is 7.05 Å². The number of anilines is 2. The van der Waals surface area contributed by atoms with Gasteiger partial charge in [-0.25, -0.2) is 9.97 Å². The van der Waals surface area contributed by atoms with Crippen LogP contribution in [0.25, 0.3) is 10.9 Å². The van der Waals surface area contributed by atoms with Crippen molar-refractivity contribution in [3.8, 4) is 0 Å². The van der Waals surface area contributed by atoms with E-state index in [2.05, 4.69) is 48.9 Å². The summed E-state index contributed by atoms with van der Waals surface area (Å²) in [4.78, 5) is 38.4. The van der Waals surface area contributed by atoms with Crippen LogP contribution in [0.15, 0.2) is 41.5 Å². The van der Waals surface area contributed by atoms with Crippen LogP contribution in [0.2, 0.25) is 5.15 Å². The number of carbonyl (C=O) groups is 1. The minimum Gasteiger partial charge on any atom is -0.377 e. The summed E-state index contributed by atoms with van der Waals surface area (Å²) in [6.45, 7) is 6.05. The van der Waals surface area contributed by atoms with Crippen molar-refractivity contribution in [1.29, 1.82) is 0 Å². The van der Waals surface area contributed by atoms with Crippen LogP contribution in [0.1, 0.15) is 71.9 Å². The average Bonchev–Trinajstić information content (AvgIpc) is 3.50. The first-order valence-corrected chi connectivity index (χ1v) is 15.8. The van der Waals surface area contributed by atoms with Gasteiger partial charge in [-0.1, -0.05) is 29.6 Å². The summed E-state index contributed by atoms with van der Waals surface area (Å²) in [6, 6.07) is 8.00. The number of nitrogens with zero attached hydrogens (tertiary/aromatic N) is 6. The van der Waals surface area contributed by atoms with Gasteiger partial charge in [-0.15, -0.1) is 0 Å². The number of benzene rings is 1. The number of rotatable bonds is 7. The first kappa shape index (κ1) is 28.5. The fourth-order valence-corrected chi connectivity index (χ4v) is 7.03. The molecule has 2 aliphatic heterocycles. The van der Waals surface area contributed by atoms with E-state index in [0.717, 1.165) is 36.8 Å². The molecule has 1 aromatic carbocycles. The van der Waals surface area contributed by atoms with Gasteiger partial charge in [0, 0.05) is 37.1 Å². The molecule has 2 fully saturated rings. The first-order chi connectivity index (χ1) is 20.1. The van der Waals surface area contributed by atoms with Crippen LogP contribution in [0, 0.1) is 13.8 Å². The molecule has 1 amide bonds. The molecular formula is C30H35ClN8O2S. The van der Waals surface area contributed by atoms with Crippen LogP contribution in [0.4, 0.5) is 11.6 Å². The zero-order valence-corrected chi connectivity index (χ0v) is 26.0. The third-order valence-corrected chi connectivity index (χ3v) is 9.08. The number of nitrogens with one attached hydrogen (secondary N) is 2. The molecule has 2 saturated heterocycles. The number of pyridine rings is 1. The number of aromatic nitrogens is 5. The van der Waals surface area contributed by atoms with Crippen molar-refractivity contribution in [2.45, 2.75) is 70.6 Å². The molecule has 5 heterocycles. The monoisotopic (exact) mass is 606 g/mol. The molecular weight excluding hydrogens is 572 g/mol. The Balaban J connectivity index is 1.38. The number of amides is 1. The van der Waals surface area contributed by atoms with E-state index in [-0.39, 0.29) is 40.4 Å². The number of halogens is 1. The summed E-state index contributed by atoms with van der Waals surface area (Å²) in [5.41, 5.74) is 4.36. The minimum atomic E-state index is -0.341. The predicted octanol–water partition coefficient (Wildman–Crippen LogP) is 5.35. The number of hydrogen-bond donors (Lipinski definition) is 2. The molecule has 220 valence electrons. The van der Waals surface area contributed by atoms with E-state index in [1.165, 1.54) is 17.5 Å². The van der Waals surface area contributed by atoms with Crippen molar-refractivity contribution < 1.29 is 4.79 Å². The zero-order chi connectivity index (χ0) is 29.7. The maximum absolute atomic E-state index is 13.8. The molecule has 0 aliphatic carbocycles. The molecule has 2 bridgehead atoms. The summed E-state index contributed by atoms with van der Waals surface area (Å²) in [5, 5.41) is 8.84. The molecule has 4 aromatic rings. The van der Waals surface area contributed by atoms with E-state index in [0.29, 0.717) is 28.6 Å². The summed E-state index contributed by atoms with van der Waals surface area (Å²) >= 11 is 7.32. The smallest absolute Gasteiger partial charge is 0.281 e. The van der Waals surface area contributed by atoms with Crippen LogP contribution in [0.5, 0.6) is 0 Å². The van der Waals surface area contributed by atoms with Crippen molar-refractivity contribution in [3.05, 3.63) is 74.6 Å². The molecule has 3 unspecified atom stereocenters. The van der Waals surface area contributed by atoms with Gasteiger partial charge in [0.05, 0.1) is 34.9 Å². The van der Waals surface area contributed by atoms with Crippen LogP contribution >= 0.6 is 23.5 Å². The summed E-state index contributed by atoms with van der Waals surface area (Å²) in [7, 11) is 1.83. The Morgan fingerprint density at radius 1 is 1.10 bits per heavy atom. The van der Waals surface area contributed by atoms with Gasteiger partial charge in [-0.05, 0) is 75.8 Å². The molecule has 2 aliphatic rings. The summed E-state index contributed by atoms with van der Waals surface area (Å²) in [5.74, 6) is 0.368. The fraction of sp³-hybridized carbons (Fsp3) is 0.433. The highest BCUT2D eigenvalue weighted by Crippen LogP contribution is 2.43. The normalized spacial score (nSPS) is 20.6. The van der Waals surface area contributed by atoms with Crippen molar-refractivity contribution in [2.24, 2.45) is 7.05 Å². The average molecular weight is 607 g/mol. The summed E-state index contributed by atoms with van der Waals surface area (Å²) < 4.78 is 6.54. The lowest BCUT2D eigenvalue weighted by Gasteiger charge is -2.40. The molecule has 0 radical (unpaired) electrons. The second-order valence-corrected chi connectivity index (χ2v) is 12.5. The van der Waals surface area contributed by atoms with Crippen molar-refractivity contribution >= 4 is 52.0 Å². The van der Waals surface area contributed by atoms with Crippen molar-refractivity contribution in [1.82, 2.24) is 29.0 Å². The van der Waals surface area contributed by atoms with Gasteiger partial charge < -0.3 is 10.2 Å². The SMILES string of the molecule is CSNC(=O)c1nc(Cl)ccc1NC(C)c1cc(C)cc2c(=O)n(C)c(N3C4CCC3CC(n3cc(C)cn3)C4)nc12. The predicted molar refractivity (Wildman–Crippen MR) is 169 cm³/mol. The van der Waals surface area contributed by atoms with E-state index in [9.17, 15) is 9.59 Å². The number of fused-ring (bicyclic) bond motifs is 3. The molecule has 2 N–H and O–H groups in total. The third-order valence-electron chi connectivity index (χ3n) is 8.48. The molecule has 3 atom stereocenters. The van der Waals surface area contributed by atoms with Gasteiger partial charge in [0.25, 0.3) is 11.5 Å². The lowest BCUT2D eigenvalue weighted by atomic mass is 9.97. The molecule has 10 nitrogen and oxygen atoms in total. The molecule has 42 heavy (non-hydrogen) atoms. The quantitative estimate of drug-likeness (QED) is 0.214. The second kappa shape index (κ2) is 11.3. The van der Waals surface area contributed by atoms with Crippen molar-refractivity contribution in [2.75, 3.05) is 16.5 Å². The lowest BCUT2D eigenvalue weighted by Crippen LogP contribution is -2.46. The Kier molecular flexibility index (Phi) is 7.65. The summed E-state index contributed by atoms with van der Waals surface area (Å²) in [6.07, 6.45) is 9.88. The number of aryl methyl sites for hydroxylation is 2. The number of carbonyl (C=O) groups excluding carboxylic acids is 1. The molecule has 6 rings (SSSR count). The van der Waals surface area contributed by atoms with Gasteiger partial charge in [-0.3, -0.25) is 23.6 Å². The highest BCUT2D eigenvalue weighted by molar-refractivity contribution is 7.97. The molecule has 0 saturated carbocycles. The Labute approximate surface area is 254 Å². The van der Waals surface area contributed by atoms with E-state index < -0.39 is 0 Å². The van der Waals surface area contributed by atoms with Crippen molar-refractivity contribution in [3.63, 3.8) is 0 Å². The maximum Gasteiger partial charge on any atom is 0.281 e. The Morgan fingerprint density at radius 2 is 1.83 bits per heavy atom. The van der Waals surface area contributed by atoms with Crippen LogP contribution in [0.3, 0.4) is 0 Å². The van der Waals surface area contributed by atoms with Gasteiger partial charge in [0.1, 0.15) is 5.15 Å². The van der Waals surface area contributed by atoms with Crippen LogP contribution < -0.4 is 20.5 Å². The largest absolute Gasteiger partial charge is 0.377 e. The van der Waals surface area contributed by atoms with E-state index in [4.69, 9.17) is 16.6 Å². The minimum absolute atomic E-state index is 0.0652. The van der Waals surface area contributed by atoms with Gasteiger partial charge >= 0.3 is 0 Å². The fourth-order valence-electron chi connectivity index (χ4n) is 6.60. The number of piperidine rings is 1. The topological polar surface area (TPSA) is 110 Å². The Bertz CT molecular complexity index is 1720. The maximum atomic E-state index is 13.8. The van der Waals surface area contributed by atoms with E-state index in [1.807, 2.05) is 33.2 Å². The highest BCUT2D eigenvalue weighted by atomic mass is 35.5. The van der Waals surface area contributed by atoms with E-state index >= 15 is 0 Å². The Morgan fingerprint density at radius 3 is 2.50 bits per heavy atom. The number of hydrogen-bond acceptors (Lipinski definition) is 8. The van der Waals surface area contributed by atoms with E-state index in [1.54, 1.807) is 23.0 Å². The second-order valence-electron chi connectivity index (χ2n) is 11.5. The van der Waals surface area contributed by atoms with Gasteiger partial charge in [0.15, 0.2) is 5.69 Å².